The molecule has 2 N–H and O–H groups in total. The van der Waals surface area contributed by atoms with Crippen LogP contribution in [0.5, 0.6) is 5.75 Å². The molecule has 0 radical (unpaired) electrons. The number of hydrogen-bond acceptors (Lipinski definition) is 3. The van der Waals surface area contributed by atoms with Gasteiger partial charge in [0.25, 0.3) is 0 Å². The number of hydrogen-bond donors (Lipinski definition) is 2. The van der Waals surface area contributed by atoms with Crippen molar-refractivity contribution in [3.05, 3.63) is 29.8 Å². The van der Waals surface area contributed by atoms with Crippen LogP contribution in [0.3, 0.4) is 0 Å². The molecule has 2 rings (SSSR count). The van der Waals surface area contributed by atoms with E-state index in [0.717, 1.165) is 30.8 Å². The van der Waals surface area contributed by atoms with E-state index in [0.29, 0.717) is 12.5 Å². The molecule has 1 aliphatic rings. The van der Waals surface area contributed by atoms with Gasteiger partial charge >= 0.3 is 0 Å². The fourth-order valence-electron chi connectivity index (χ4n) is 2.64. The van der Waals surface area contributed by atoms with E-state index in [1.54, 1.807) is 7.11 Å². The molecular formula is C16H24N2O2. The summed E-state index contributed by atoms with van der Waals surface area (Å²) in [5.41, 5.74) is 0.934. The molecule has 4 nitrogen and oxygen atoms in total. The second-order valence-electron chi connectivity index (χ2n) is 5.27. The van der Waals surface area contributed by atoms with Crippen LogP contribution >= 0.6 is 0 Å². The molecule has 0 spiro atoms. The minimum absolute atomic E-state index is 0.0605. The van der Waals surface area contributed by atoms with E-state index in [-0.39, 0.29) is 5.91 Å². The van der Waals surface area contributed by atoms with Crippen molar-refractivity contribution in [3.8, 4) is 5.75 Å². The molecule has 1 atom stereocenters. The third-order valence-corrected chi connectivity index (χ3v) is 3.77. The number of para-hydroxylation sites is 1. The first-order chi connectivity index (χ1) is 9.79. The number of amides is 1. The summed E-state index contributed by atoms with van der Waals surface area (Å²) in [5.74, 6) is 0.835. The zero-order valence-corrected chi connectivity index (χ0v) is 12.2. The van der Waals surface area contributed by atoms with E-state index in [4.69, 9.17) is 4.74 Å². The van der Waals surface area contributed by atoms with Crippen LogP contribution < -0.4 is 15.4 Å². The number of methoxy groups -OCH3 is 1. The van der Waals surface area contributed by atoms with Gasteiger partial charge in [-0.15, -0.1) is 0 Å². The lowest BCUT2D eigenvalue weighted by Gasteiger charge is -2.23. The van der Waals surface area contributed by atoms with Crippen LogP contribution in [-0.2, 0) is 11.2 Å². The molecule has 1 heterocycles. The summed E-state index contributed by atoms with van der Waals surface area (Å²) in [4.78, 5) is 11.9. The number of benzene rings is 1. The summed E-state index contributed by atoms with van der Waals surface area (Å²) >= 11 is 0. The number of carbonyl (C=O) groups is 1. The Kier molecular flexibility index (Phi) is 5.87. The normalized spacial score (nSPS) is 18.6. The van der Waals surface area contributed by atoms with Gasteiger partial charge < -0.3 is 15.4 Å². The Morgan fingerprint density at radius 3 is 3.00 bits per heavy atom. The smallest absolute Gasteiger partial charge is 0.224 e. The van der Waals surface area contributed by atoms with Gasteiger partial charge in [0, 0.05) is 18.2 Å². The van der Waals surface area contributed by atoms with E-state index < -0.39 is 0 Å². The Bertz CT molecular complexity index is 428. The maximum absolute atomic E-state index is 11.9. The quantitative estimate of drug-likeness (QED) is 0.834. The fraction of sp³-hybridized carbons (Fsp3) is 0.562. The van der Waals surface area contributed by atoms with Gasteiger partial charge in [0.1, 0.15) is 5.75 Å². The number of carbonyl (C=O) groups excluding carboxylic acids is 1. The Labute approximate surface area is 120 Å². The van der Waals surface area contributed by atoms with Crippen molar-refractivity contribution in [2.75, 3.05) is 20.2 Å². The van der Waals surface area contributed by atoms with Crippen molar-refractivity contribution in [2.45, 2.75) is 38.1 Å². The molecule has 1 saturated heterocycles. The molecule has 110 valence electrons. The van der Waals surface area contributed by atoms with Crippen molar-refractivity contribution in [2.24, 2.45) is 0 Å². The highest BCUT2D eigenvalue weighted by atomic mass is 16.5. The van der Waals surface area contributed by atoms with Crippen LogP contribution in [0.2, 0.25) is 0 Å². The summed E-state index contributed by atoms with van der Waals surface area (Å²) in [6.45, 7) is 1.85. The molecule has 1 aromatic carbocycles. The van der Waals surface area contributed by atoms with Crippen LogP contribution in [0, 0.1) is 0 Å². The minimum atomic E-state index is 0.0605. The van der Waals surface area contributed by atoms with Crippen molar-refractivity contribution < 1.29 is 9.53 Å². The lowest BCUT2D eigenvalue weighted by molar-refractivity contribution is -0.120. The van der Waals surface area contributed by atoms with Gasteiger partial charge in [0.15, 0.2) is 0 Å². The Hall–Kier alpha value is -1.55. The lowest BCUT2D eigenvalue weighted by atomic mass is 10.0. The van der Waals surface area contributed by atoms with Gasteiger partial charge in [-0.1, -0.05) is 24.6 Å². The molecule has 0 aliphatic carbocycles. The van der Waals surface area contributed by atoms with E-state index in [9.17, 15) is 4.79 Å². The third-order valence-electron chi connectivity index (χ3n) is 3.77. The van der Waals surface area contributed by atoms with E-state index in [1.165, 1.54) is 19.3 Å². The molecule has 1 aromatic rings. The molecule has 20 heavy (non-hydrogen) atoms. The van der Waals surface area contributed by atoms with Gasteiger partial charge in [-0.2, -0.15) is 0 Å². The van der Waals surface area contributed by atoms with Crippen molar-refractivity contribution in [1.82, 2.24) is 10.6 Å². The highest BCUT2D eigenvalue weighted by Crippen LogP contribution is 2.17. The molecule has 0 saturated carbocycles. The number of piperidine rings is 1. The third kappa shape index (κ3) is 4.53. The van der Waals surface area contributed by atoms with Crippen molar-refractivity contribution in [3.63, 3.8) is 0 Å². The average Bonchev–Trinajstić information content (AvgIpc) is 2.49. The average molecular weight is 276 g/mol. The SMILES string of the molecule is COc1ccccc1CC(=O)NCCC1CCCCN1. The molecule has 0 bridgehead atoms. The summed E-state index contributed by atoms with van der Waals surface area (Å²) < 4.78 is 5.26. The topological polar surface area (TPSA) is 50.4 Å². The van der Waals surface area contributed by atoms with Gasteiger partial charge in [-0.05, 0) is 31.9 Å². The summed E-state index contributed by atoms with van der Waals surface area (Å²) in [6, 6.07) is 8.22. The zero-order valence-electron chi connectivity index (χ0n) is 12.2. The van der Waals surface area contributed by atoms with Gasteiger partial charge in [-0.3, -0.25) is 4.79 Å². The molecule has 1 aliphatic heterocycles. The molecule has 0 aromatic heterocycles. The first-order valence-electron chi connectivity index (χ1n) is 7.41. The van der Waals surface area contributed by atoms with Gasteiger partial charge in [-0.25, -0.2) is 0 Å². The number of nitrogens with one attached hydrogen (secondary N) is 2. The molecule has 1 fully saturated rings. The highest BCUT2D eigenvalue weighted by molar-refractivity contribution is 5.79. The first-order valence-corrected chi connectivity index (χ1v) is 7.41. The van der Waals surface area contributed by atoms with Crippen molar-refractivity contribution in [1.29, 1.82) is 0 Å². The van der Waals surface area contributed by atoms with Crippen LogP contribution in [0.25, 0.3) is 0 Å². The predicted molar refractivity (Wildman–Crippen MR) is 80.0 cm³/mol. The second-order valence-corrected chi connectivity index (χ2v) is 5.27. The zero-order chi connectivity index (χ0) is 14.2. The van der Waals surface area contributed by atoms with Crippen LogP contribution in [0.4, 0.5) is 0 Å². The lowest BCUT2D eigenvalue weighted by Crippen LogP contribution is -2.37. The van der Waals surface area contributed by atoms with E-state index in [1.807, 2.05) is 24.3 Å². The molecular weight excluding hydrogens is 252 g/mol. The first kappa shape index (κ1) is 14.9. The monoisotopic (exact) mass is 276 g/mol. The van der Waals surface area contributed by atoms with Crippen LogP contribution in [-0.4, -0.2) is 32.1 Å². The number of rotatable bonds is 6. The maximum atomic E-state index is 11.9. The minimum Gasteiger partial charge on any atom is -0.496 e. The van der Waals surface area contributed by atoms with E-state index >= 15 is 0 Å². The molecule has 4 heteroatoms. The summed E-state index contributed by atoms with van der Waals surface area (Å²) in [6.07, 6.45) is 5.19. The highest BCUT2D eigenvalue weighted by Gasteiger charge is 2.13. The summed E-state index contributed by atoms with van der Waals surface area (Å²) in [7, 11) is 1.63. The van der Waals surface area contributed by atoms with E-state index in [2.05, 4.69) is 10.6 Å². The Morgan fingerprint density at radius 1 is 1.40 bits per heavy atom. The van der Waals surface area contributed by atoms with Crippen LogP contribution in [0.15, 0.2) is 24.3 Å². The molecule has 1 amide bonds. The van der Waals surface area contributed by atoms with Gasteiger partial charge in [0.05, 0.1) is 13.5 Å². The summed E-state index contributed by atoms with van der Waals surface area (Å²) in [5, 5.41) is 6.48. The standard InChI is InChI=1S/C16H24N2O2/c1-20-15-8-3-2-6-13(15)12-16(19)18-11-9-14-7-4-5-10-17-14/h2-3,6,8,14,17H,4-5,7,9-12H2,1H3,(H,18,19). The second kappa shape index (κ2) is 7.90. The van der Waals surface area contributed by atoms with Gasteiger partial charge in [0.2, 0.25) is 5.91 Å². The Morgan fingerprint density at radius 2 is 2.25 bits per heavy atom. The predicted octanol–water partition coefficient (Wildman–Crippen LogP) is 1.89. The Balaban J connectivity index is 1.72. The largest absolute Gasteiger partial charge is 0.496 e. The fourth-order valence-corrected chi connectivity index (χ4v) is 2.64. The van der Waals surface area contributed by atoms with Crippen molar-refractivity contribution >= 4 is 5.91 Å². The molecule has 1 unspecified atom stereocenters. The maximum Gasteiger partial charge on any atom is 0.224 e. The van der Waals surface area contributed by atoms with Crippen LogP contribution in [0.1, 0.15) is 31.2 Å². The number of ether oxygens (including phenoxy) is 1.